The van der Waals surface area contributed by atoms with Crippen molar-refractivity contribution in [1.82, 2.24) is 0 Å². The van der Waals surface area contributed by atoms with Crippen LogP contribution in [0, 0.1) is 0 Å². The number of carbonyl (C=O) groups is 2. The first-order chi connectivity index (χ1) is 9.16. The third-order valence-corrected chi connectivity index (χ3v) is 3.50. The quantitative estimate of drug-likeness (QED) is 0.394. The molecule has 0 bridgehead atoms. The number of aromatic carboxylic acids is 1. The number of rotatable bonds is 5. The Bertz CT molecular complexity index is 645. The predicted molar refractivity (Wildman–Crippen MR) is 69.5 cm³/mol. The molecule has 1 rings (SSSR count). The van der Waals surface area contributed by atoms with Crippen molar-refractivity contribution in [2.24, 2.45) is 0 Å². The second-order valence-electron chi connectivity index (χ2n) is 4.12. The van der Waals surface area contributed by atoms with Gasteiger partial charge in [-0.3, -0.25) is 4.55 Å². The summed E-state index contributed by atoms with van der Waals surface area (Å²) in [5, 5.41) is 8.80. The SMILES string of the molecule is CCC(C)OC(=O)c1ccc(C(=O)O)cc1S(=O)(=O)O.[H-].[Li+]. The van der Waals surface area contributed by atoms with Gasteiger partial charge in [-0.2, -0.15) is 8.42 Å². The Morgan fingerprint density at radius 3 is 2.38 bits per heavy atom. The van der Waals surface area contributed by atoms with Crippen LogP contribution in [0.2, 0.25) is 0 Å². The molecule has 0 saturated carbocycles. The van der Waals surface area contributed by atoms with Crippen molar-refractivity contribution in [2.45, 2.75) is 31.3 Å². The van der Waals surface area contributed by atoms with Gasteiger partial charge in [0.1, 0.15) is 4.90 Å². The summed E-state index contributed by atoms with van der Waals surface area (Å²) < 4.78 is 36.5. The van der Waals surface area contributed by atoms with Crippen molar-refractivity contribution >= 4 is 22.1 Å². The molecule has 0 spiro atoms. The zero-order chi connectivity index (χ0) is 15.5. The molecule has 0 saturated heterocycles. The molecule has 0 amide bonds. The molecule has 0 aromatic heterocycles. The first kappa shape index (κ1) is 19.7. The van der Waals surface area contributed by atoms with Gasteiger partial charge in [-0.25, -0.2) is 9.59 Å². The number of carbonyl (C=O) groups excluding carboxylic acids is 1. The van der Waals surface area contributed by atoms with E-state index in [0.717, 1.165) is 12.1 Å². The fourth-order valence-electron chi connectivity index (χ4n) is 1.37. The average Bonchev–Trinajstić information content (AvgIpc) is 2.36. The molecule has 0 aliphatic carbocycles. The van der Waals surface area contributed by atoms with Crippen LogP contribution < -0.4 is 18.9 Å². The monoisotopic (exact) mass is 310 g/mol. The van der Waals surface area contributed by atoms with Crippen LogP contribution in [0.5, 0.6) is 0 Å². The molecular weight excluding hydrogens is 295 g/mol. The Morgan fingerprint density at radius 2 is 1.95 bits per heavy atom. The van der Waals surface area contributed by atoms with E-state index in [4.69, 9.17) is 14.4 Å². The molecule has 2 N–H and O–H groups in total. The van der Waals surface area contributed by atoms with Crippen molar-refractivity contribution < 1.29 is 52.7 Å². The maximum atomic E-state index is 11.8. The van der Waals surface area contributed by atoms with Crippen molar-refractivity contribution in [3.63, 3.8) is 0 Å². The van der Waals surface area contributed by atoms with Gasteiger partial charge in [-0.15, -0.1) is 0 Å². The third kappa shape index (κ3) is 5.17. The van der Waals surface area contributed by atoms with Crippen LogP contribution in [0.15, 0.2) is 23.1 Å². The first-order valence-electron chi connectivity index (χ1n) is 5.72. The van der Waals surface area contributed by atoms with Gasteiger partial charge in [0, 0.05) is 0 Å². The summed E-state index contributed by atoms with van der Waals surface area (Å²) in [7, 11) is -4.74. The van der Waals surface area contributed by atoms with E-state index in [0.29, 0.717) is 12.5 Å². The molecular formula is C12H15LiO7S. The fourth-order valence-corrected chi connectivity index (χ4v) is 2.07. The summed E-state index contributed by atoms with van der Waals surface area (Å²) in [4.78, 5) is 21.8. The summed E-state index contributed by atoms with van der Waals surface area (Å²) in [5.41, 5.74) is -0.768. The van der Waals surface area contributed by atoms with Gasteiger partial charge >= 0.3 is 30.8 Å². The van der Waals surface area contributed by atoms with E-state index in [1.807, 2.05) is 0 Å². The smallest absolute Gasteiger partial charge is 1.00 e. The molecule has 0 aliphatic rings. The molecule has 7 nitrogen and oxygen atoms in total. The number of esters is 1. The second kappa shape index (κ2) is 7.61. The maximum Gasteiger partial charge on any atom is 1.00 e. The van der Waals surface area contributed by atoms with Crippen molar-refractivity contribution in [2.75, 3.05) is 0 Å². The second-order valence-corrected chi connectivity index (χ2v) is 5.51. The number of carboxylic acids is 1. The molecule has 21 heavy (non-hydrogen) atoms. The third-order valence-electron chi connectivity index (χ3n) is 2.61. The van der Waals surface area contributed by atoms with E-state index in [9.17, 15) is 18.0 Å². The van der Waals surface area contributed by atoms with E-state index >= 15 is 0 Å². The van der Waals surface area contributed by atoms with E-state index in [-0.39, 0.29) is 25.9 Å². The largest absolute Gasteiger partial charge is 1.00 e. The topological polar surface area (TPSA) is 118 Å². The molecule has 0 radical (unpaired) electrons. The van der Waals surface area contributed by atoms with Gasteiger partial charge in [-0.1, -0.05) is 6.92 Å². The van der Waals surface area contributed by atoms with Gasteiger partial charge in [0.05, 0.1) is 17.2 Å². The maximum absolute atomic E-state index is 11.8. The van der Waals surface area contributed by atoms with E-state index < -0.39 is 38.6 Å². The van der Waals surface area contributed by atoms with Crippen LogP contribution in [0.3, 0.4) is 0 Å². The zero-order valence-electron chi connectivity index (χ0n) is 12.9. The summed E-state index contributed by atoms with van der Waals surface area (Å²) in [6, 6.07) is 2.77. The Hall–Kier alpha value is -1.33. The van der Waals surface area contributed by atoms with Gasteiger partial charge in [0.15, 0.2) is 0 Å². The molecule has 1 aromatic carbocycles. The van der Waals surface area contributed by atoms with Crippen LogP contribution in [0.25, 0.3) is 0 Å². The molecule has 112 valence electrons. The summed E-state index contributed by atoms with van der Waals surface area (Å²) in [6.07, 6.45) is 0.0936. The number of benzene rings is 1. The van der Waals surface area contributed by atoms with Crippen LogP contribution >= 0.6 is 0 Å². The molecule has 1 unspecified atom stereocenters. The van der Waals surface area contributed by atoms with E-state index in [1.165, 1.54) is 0 Å². The van der Waals surface area contributed by atoms with E-state index in [1.54, 1.807) is 13.8 Å². The predicted octanol–water partition coefficient (Wildman–Crippen LogP) is -1.30. The van der Waals surface area contributed by atoms with Crippen molar-refractivity contribution in [3.8, 4) is 0 Å². The standard InChI is InChI=1S/C12H14O7S.Li.H/c1-3-7(2)19-12(15)9-5-4-8(11(13)14)6-10(9)20(16,17)18;;/h4-7H,3H2,1-2H3,(H,13,14)(H,16,17,18);;/q;+1;-1. The van der Waals surface area contributed by atoms with Crippen LogP contribution in [0.1, 0.15) is 42.4 Å². The number of hydrogen-bond donors (Lipinski definition) is 2. The summed E-state index contributed by atoms with van der Waals surface area (Å²) in [5.74, 6) is -2.32. The Morgan fingerprint density at radius 1 is 1.38 bits per heavy atom. The Balaban J connectivity index is 0. The fraction of sp³-hybridized carbons (Fsp3) is 0.333. The van der Waals surface area contributed by atoms with Gasteiger partial charge in [0.25, 0.3) is 10.1 Å². The van der Waals surface area contributed by atoms with Crippen molar-refractivity contribution in [3.05, 3.63) is 29.3 Å². The average molecular weight is 310 g/mol. The summed E-state index contributed by atoms with van der Waals surface area (Å²) >= 11 is 0. The molecule has 0 fully saturated rings. The van der Waals surface area contributed by atoms with Gasteiger partial charge < -0.3 is 11.3 Å². The van der Waals surface area contributed by atoms with Crippen molar-refractivity contribution in [1.29, 1.82) is 0 Å². The minimum absolute atomic E-state index is 0. The van der Waals surface area contributed by atoms with Crippen LogP contribution in [-0.4, -0.2) is 36.1 Å². The summed E-state index contributed by atoms with van der Waals surface area (Å²) in [6.45, 7) is 3.39. The minimum Gasteiger partial charge on any atom is -1.00 e. The van der Waals surface area contributed by atoms with Gasteiger partial charge in [-0.05, 0) is 31.5 Å². The Labute approximate surface area is 135 Å². The molecule has 1 atom stereocenters. The molecule has 9 heteroatoms. The zero-order valence-corrected chi connectivity index (χ0v) is 12.7. The van der Waals surface area contributed by atoms with Crippen LogP contribution in [0.4, 0.5) is 0 Å². The van der Waals surface area contributed by atoms with Crippen LogP contribution in [-0.2, 0) is 14.9 Å². The number of hydrogen-bond acceptors (Lipinski definition) is 5. The molecule has 0 heterocycles. The van der Waals surface area contributed by atoms with E-state index in [2.05, 4.69) is 0 Å². The Kier molecular flexibility index (Phi) is 7.13. The normalized spacial score (nSPS) is 12.1. The molecule has 1 aromatic rings. The first-order valence-corrected chi connectivity index (χ1v) is 7.16. The molecule has 0 aliphatic heterocycles. The number of carboxylic acid groups (broad SMARTS) is 1. The van der Waals surface area contributed by atoms with Gasteiger partial charge in [0.2, 0.25) is 0 Å². The number of ether oxygens (including phenoxy) is 1. The minimum atomic E-state index is -4.74.